The maximum absolute atomic E-state index is 10.5. The first-order valence-electron chi connectivity index (χ1n) is 8.56. The molecule has 0 spiro atoms. The lowest BCUT2D eigenvalue weighted by Gasteiger charge is -2.06. The van der Waals surface area contributed by atoms with Crippen LogP contribution in [-0.4, -0.2) is 5.11 Å². The quantitative estimate of drug-likeness (QED) is 0.597. The molecule has 0 aliphatic rings. The Morgan fingerprint density at radius 2 is 1.00 bits per heavy atom. The second kappa shape index (κ2) is 8.70. The molecule has 3 aromatic rings. The lowest BCUT2D eigenvalue weighted by molar-refractivity contribution is 0.464. The van der Waals surface area contributed by atoms with Crippen molar-refractivity contribution in [2.24, 2.45) is 0 Å². The van der Waals surface area contributed by atoms with E-state index in [1.165, 1.54) is 11.1 Å². The summed E-state index contributed by atoms with van der Waals surface area (Å²) in [5.41, 5.74) is 4.25. The molecule has 0 bridgehead atoms. The highest BCUT2D eigenvalue weighted by atomic mass is 16.3. The largest absolute Gasteiger partial charge is 0.507 e. The van der Waals surface area contributed by atoms with E-state index in [1.54, 1.807) is 0 Å². The van der Waals surface area contributed by atoms with Crippen LogP contribution in [0.1, 0.15) is 22.3 Å². The first-order valence-corrected chi connectivity index (χ1v) is 8.56. The SMILES string of the molecule is Oc1c(CC=Cc2ccccc2)cccc1CC=Cc1ccccc1. The third-order valence-corrected chi connectivity index (χ3v) is 4.10. The van der Waals surface area contributed by atoms with Gasteiger partial charge in [0.15, 0.2) is 0 Å². The van der Waals surface area contributed by atoms with Crippen molar-refractivity contribution in [1.82, 2.24) is 0 Å². The van der Waals surface area contributed by atoms with E-state index in [-0.39, 0.29) is 0 Å². The van der Waals surface area contributed by atoms with E-state index in [1.807, 2.05) is 54.6 Å². The Kier molecular flexibility index (Phi) is 5.84. The average Bonchev–Trinajstić information content (AvgIpc) is 2.66. The molecule has 124 valence electrons. The van der Waals surface area contributed by atoms with Crippen LogP contribution in [-0.2, 0) is 12.8 Å². The monoisotopic (exact) mass is 326 g/mol. The lowest BCUT2D eigenvalue weighted by atomic mass is 10.0. The van der Waals surface area contributed by atoms with Crippen molar-refractivity contribution in [1.29, 1.82) is 0 Å². The normalized spacial score (nSPS) is 11.4. The lowest BCUT2D eigenvalue weighted by Crippen LogP contribution is -1.89. The highest BCUT2D eigenvalue weighted by molar-refractivity contribution is 5.52. The zero-order chi connectivity index (χ0) is 17.3. The first kappa shape index (κ1) is 16.8. The molecule has 0 aromatic heterocycles. The third kappa shape index (κ3) is 4.95. The molecule has 0 saturated carbocycles. The van der Waals surface area contributed by atoms with Crippen LogP contribution in [0.3, 0.4) is 0 Å². The van der Waals surface area contributed by atoms with Crippen molar-refractivity contribution >= 4 is 12.2 Å². The van der Waals surface area contributed by atoms with Gasteiger partial charge in [-0.05, 0) is 35.1 Å². The van der Waals surface area contributed by atoms with Crippen molar-refractivity contribution in [2.75, 3.05) is 0 Å². The van der Waals surface area contributed by atoms with Gasteiger partial charge in [0, 0.05) is 0 Å². The summed E-state index contributed by atoms with van der Waals surface area (Å²) in [6, 6.07) is 26.4. The molecule has 3 rings (SSSR count). The minimum absolute atomic E-state index is 0.401. The smallest absolute Gasteiger partial charge is 0.122 e. The summed E-state index contributed by atoms with van der Waals surface area (Å²) in [6.07, 6.45) is 9.79. The van der Waals surface area contributed by atoms with Crippen molar-refractivity contribution < 1.29 is 5.11 Å². The maximum Gasteiger partial charge on any atom is 0.122 e. The number of para-hydroxylation sites is 1. The summed E-state index contributed by atoms with van der Waals surface area (Å²) in [5.74, 6) is 0.401. The molecule has 0 amide bonds. The minimum atomic E-state index is 0.401. The van der Waals surface area contributed by atoms with E-state index < -0.39 is 0 Å². The van der Waals surface area contributed by atoms with Gasteiger partial charge < -0.3 is 5.11 Å². The summed E-state index contributed by atoms with van der Waals surface area (Å²) in [6.45, 7) is 0. The van der Waals surface area contributed by atoms with E-state index in [0.29, 0.717) is 5.75 Å². The molecule has 25 heavy (non-hydrogen) atoms. The molecule has 1 nitrogen and oxygen atoms in total. The van der Waals surface area contributed by atoms with Crippen molar-refractivity contribution in [3.8, 4) is 5.75 Å². The van der Waals surface area contributed by atoms with E-state index >= 15 is 0 Å². The highest BCUT2D eigenvalue weighted by Gasteiger charge is 2.04. The summed E-state index contributed by atoms with van der Waals surface area (Å²) >= 11 is 0. The fourth-order valence-electron chi connectivity index (χ4n) is 2.75. The van der Waals surface area contributed by atoms with Crippen LogP contribution in [0.4, 0.5) is 0 Å². The Morgan fingerprint density at radius 1 is 0.560 bits per heavy atom. The topological polar surface area (TPSA) is 20.2 Å². The molecule has 0 unspecified atom stereocenters. The van der Waals surface area contributed by atoms with Crippen molar-refractivity contribution in [3.63, 3.8) is 0 Å². The van der Waals surface area contributed by atoms with Gasteiger partial charge in [-0.15, -0.1) is 0 Å². The Morgan fingerprint density at radius 3 is 1.44 bits per heavy atom. The zero-order valence-corrected chi connectivity index (χ0v) is 14.2. The molecular weight excluding hydrogens is 304 g/mol. The number of allylic oxidation sites excluding steroid dienone is 2. The molecule has 1 heteroatoms. The second-order valence-corrected chi connectivity index (χ2v) is 5.96. The predicted molar refractivity (Wildman–Crippen MR) is 106 cm³/mol. The number of hydrogen-bond donors (Lipinski definition) is 1. The van der Waals surface area contributed by atoms with E-state index in [2.05, 4.69) is 48.6 Å². The van der Waals surface area contributed by atoms with E-state index in [4.69, 9.17) is 0 Å². The molecule has 0 aliphatic heterocycles. The number of benzene rings is 3. The number of aromatic hydroxyl groups is 1. The van der Waals surface area contributed by atoms with Crippen LogP contribution in [0.25, 0.3) is 12.2 Å². The Labute approximate surface area is 149 Å². The van der Waals surface area contributed by atoms with Crippen LogP contribution in [0, 0.1) is 0 Å². The van der Waals surface area contributed by atoms with Gasteiger partial charge >= 0.3 is 0 Å². The zero-order valence-electron chi connectivity index (χ0n) is 14.2. The summed E-state index contributed by atoms with van der Waals surface area (Å²) in [4.78, 5) is 0. The molecule has 0 heterocycles. The van der Waals surface area contributed by atoms with Crippen LogP contribution in [0.5, 0.6) is 5.75 Å². The Balaban J connectivity index is 1.65. The van der Waals surface area contributed by atoms with Crippen molar-refractivity contribution in [3.05, 3.63) is 113 Å². The summed E-state index contributed by atoms with van der Waals surface area (Å²) in [7, 11) is 0. The maximum atomic E-state index is 10.5. The van der Waals surface area contributed by atoms with Crippen LogP contribution in [0.2, 0.25) is 0 Å². The molecule has 0 atom stereocenters. The van der Waals surface area contributed by atoms with E-state index in [0.717, 1.165) is 24.0 Å². The minimum Gasteiger partial charge on any atom is -0.507 e. The highest BCUT2D eigenvalue weighted by Crippen LogP contribution is 2.24. The van der Waals surface area contributed by atoms with Crippen LogP contribution >= 0.6 is 0 Å². The molecule has 0 radical (unpaired) electrons. The van der Waals surface area contributed by atoms with Crippen LogP contribution in [0.15, 0.2) is 91.0 Å². The van der Waals surface area contributed by atoms with Gasteiger partial charge in [0.2, 0.25) is 0 Å². The average molecular weight is 326 g/mol. The first-order chi connectivity index (χ1) is 12.3. The molecule has 0 fully saturated rings. The predicted octanol–water partition coefficient (Wildman–Crippen LogP) is 5.90. The van der Waals surface area contributed by atoms with Crippen molar-refractivity contribution in [2.45, 2.75) is 12.8 Å². The van der Waals surface area contributed by atoms with Gasteiger partial charge in [0.1, 0.15) is 5.75 Å². The van der Waals surface area contributed by atoms with Gasteiger partial charge in [0.05, 0.1) is 0 Å². The third-order valence-electron chi connectivity index (χ3n) is 4.10. The number of phenolic OH excluding ortho intramolecular Hbond substituents is 1. The molecule has 1 N–H and O–H groups in total. The Hall–Kier alpha value is -3.06. The summed E-state index contributed by atoms with van der Waals surface area (Å²) in [5, 5.41) is 10.5. The fraction of sp³-hybridized carbons (Fsp3) is 0.0833. The van der Waals surface area contributed by atoms with Gasteiger partial charge in [0.25, 0.3) is 0 Å². The van der Waals surface area contributed by atoms with Gasteiger partial charge in [-0.3, -0.25) is 0 Å². The van der Waals surface area contributed by atoms with E-state index in [9.17, 15) is 5.11 Å². The number of hydrogen-bond acceptors (Lipinski definition) is 1. The number of phenols is 1. The molecular formula is C24H22O. The van der Waals surface area contributed by atoms with Gasteiger partial charge in [-0.25, -0.2) is 0 Å². The number of rotatable bonds is 6. The van der Waals surface area contributed by atoms with Gasteiger partial charge in [-0.2, -0.15) is 0 Å². The standard InChI is InChI=1S/C24H22O/c25-24-22(16-7-14-20-10-3-1-4-11-20)18-9-19-23(24)17-8-15-21-12-5-2-6-13-21/h1-15,18-19,25H,16-17H2. The molecule has 3 aromatic carbocycles. The van der Waals surface area contributed by atoms with Crippen LogP contribution < -0.4 is 0 Å². The molecule has 0 saturated heterocycles. The Bertz CT molecular complexity index is 776. The fourth-order valence-corrected chi connectivity index (χ4v) is 2.75. The molecule has 0 aliphatic carbocycles. The van der Waals surface area contributed by atoms with Gasteiger partial charge in [-0.1, -0.05) is 103 Å². The second-order valence-electron chi connectivity index (χ2n) is 5.96. The summed E-state index contributed by atoms with van der Waals surface area (Å²) < 4.78 is 0.